The molecule has 3 atom stereocenters. The zero-order valence-corrected chi connectivity index (χ0v) is 20.7. The molecule has 1 aromatic carbocycles. The quantitative estimate of drug-likeness (QED) is 0.525. The van der Waals surface area contributed by atoms with E-state index in [2.05, 4.69) is 32.3 Å². The van der Waals surface area contributed by atoms with Crippen LogP contribution in [-0.4, -0.2) is 77.4 Å². The molecule has 2 unspecified atom stereocenters. The molecule has 2 amide bonds. The van der Waals surface area contributed by atoms with Crippen molar-refractivity contribution in [1.82, 2.24) is 25.1 Å². The Hall–Kier alpha value is -3.45. The van der Waals surface area contributed by atoms with E-state index < -0.39 is 0 Å². The number of likely N-dealkylation sites (tertiary alicyclic amines) is 1. The van der Waals surface area contributed by atoms with Gasteiger partial charge in [0.1, 0.15) is 5.65 Å². The van der Waals surface area contributed by atoms with E-state index in [1.54, 1.807) is 6.20 Å². The SMILES string of the molecule is [C-]#[N+]c1c[nH]c2ncc(-c3cc4c(c([C@@H]5COCCN5)c3)CN(C(=O)N3CC5CCC(C3)O5)CC4)cc12. The summed E-state index contributed by atoms with van der Waals surface area (Å²) in [6.45, 7) is 12.3. The number of hydrogen-bond acceptors (Lipinski definition) is 5. The Labute approximate surface area is 215 Å². The van der Waals surface area contributed by atoms with Crippen LogP contribution in [0.5, 0.6) is 0 Å². The molecule has 0 spiro atoms. The molecule has 4 aliphatic heterocycles. The Morgan fingerprint density at radius 1 is 1.14 bits per heavy atom. The molecule has 37 heavy (non-hydrogen) atoms. The van der Waals surface area contributed by atoms with Crippen molar-refractivity contribution in [3.8, 4) is 11.1 Å². The molecule has 7 rings (SSSR count). The fourth-order valence-corrected chi connectivity index (χ4v) is 6.31. The second-order valence-electron chi connectivity index (χ2n) is 10.5. The van der Waals surface area contributed by atoms with Crippen LogP contribution in [0.25, 0.3) is 27.0 Å². The number of rotatable bonds is 2. The summed E-state index contributed by atoms with van der Waals surface area (Å²) in [5, 5.41) is 4.45. The molecule has 2 N–H and O–H groups in total. The molecule has 9 heteroatoms. The Bertz CT molecular complexity index is 1390. The van der Waals surface area contributed by atoms with Crippen LogP contribution >= 0.6 is 0 Å². The van der Waals surface area contributed by atoms with E-state index in [9.17, 15) is 4.79 Å². The molecule has 9 nitrogen and oxygen atoms in total. The van der Waals surface area contributed by atoms with Crippen molar-refractivity contribution in [2.45, 2.75) is 44.1 Å². The number of nitrogens with zero attached hydrogens (tertiary/aromatic N) is 4. The average molecular weight is 499 g/mol. The number of carbonyl (C=O) groups is 1. The number of carbonyl (C=O) groups excluding carboxylic acids is 1. The lowest BCUT2D eigenvalue weighted by molar-refractivity contribution is -0.0291. The van der Waals surface area contributed by atoms with Gasteiger partial charge in [-0.05, 0) is 53.1 Å². The monoisotopic (exact) mass is 498 g/mol. The first kappa shape index (κ1) is 22.7. The van der Waals surface area contributed by atoms with Gasteiger partial charge in [0, 0.05) is 50.5 Å². The highest BCUT2D eigenvalue weighted by atomic mass is 16.5. The molecule has 6 heterocycles. The second kappa shape index (κ2) is 9.14. The van der Waals surface area contributed by atoms with Crippen molar-refractivity contribution in [3.63, 3.8) is 0 Å². The van der Waals surface area contributed by atoms with Crippen LogP contribution in [0.2, 0.25) is 0 Å². The zero-order chi connectivity index (χ0) is 24.9. The summed E-state index contributed by atoms with van der Waals surface area (Å²) >= 11 is 0. The predicted molar refractivity (Wildman–Crippen MR) is 138 cm³/mol. The minimum Gasteiger partial charge on any atom is -0.378 e. The van der Waals surface area contributed by atoms with Crippen molar-refractivity contribution in [1.29, 1.82) is 0 Å². The molecule has 3 saturated heterocycles. The van der Waals surface area contributed by atoms with E-state index in [1.807, 2.05) is 22.1 Å². The van der Waals surface area contributed by atoms with Crippen LogP contribution < -0.4 is 5.32 Å². The first-order valence-corrected chi connectivity index (χ1v) is 13.2. The number of aromatic amines is 1. The normalized spacial score (nSPS) is 25.2. The Kier molecular flexibility index (Phi) is 5.61. The first-order chi connectivity index (χ1) is 18.2. The number of urea groups is 1. The van der Waals surface area contributed by atoms with Crippen molar-refractivity contribution in [2.75, 3.05) is 39.4 Å². The molecule has 0 aliphatic carbocycles. The van der Waals surface area contributed by atoms with Crippen LogP contribution in [0.15, 0.2) is 30.6 Å². The lowest BCUT2D eigenvalue weighted by Crippen LogP contribution is -2.52. The van der Waals surface area contributed by atoms with E-state index in [0.717, 1.165) is 48.0 Å². The van der Waals surface area contributed by atoms with Gasteiger partial charge in [-0.15, -0.1) is 0 Å². The van der Waals surface area contributed by atoms with E-state index in [1.165, 1.54) is 16.7 Å². The van der Waals surface area contributed by atoms with Gasteiger partial charge in [-0.25, -0.2) is 14.6 Å². The van der Waals surface area contributed by atoms with Gasteiger partial charge in [0.05, 0.1) is 38.0 Å². The molecule has 0 saturated carbocycles. The van der Waals surface area contributed by atoms with Crippen molar-refractivity contribution < 1.29 is 14.3 Å². The number of hydrogen-bond donors (Lipinski definition) is 2. The third kappa shape index (κ3) is 4.06. The minimum atomic E-state index is 0.0690. The molecule has 4 aliphatic rings. The van der Waals surface area contributed by atoms with E-state index >= 15 is 0 Å². The van der Waals surface area contributed by atoms with Crippen molar-refractivity contribution >= 4 is 22.8 Å². The van der Waals surface area contributed by atoms with Gasteiger partial charge < -0.3 is 29.6 Å². The number of nitrogens with one attached hydrogen (secondary N) is 2. The number of H-pyrrole nitrogens is 1. The topological polar surface area (TPSA) is 87.1 Å². The highest BCUT2D eigenvalue weighted by Crippen LogP contribution is 2.36. The number of benzene rings is 1. The largest absolute Gasteiger partial charge is 0.378 e. The Balaban J connectivity index is 1.24. The summed E-state index contributed by atoms with van der Waals surface area (Å²) in [6, 6.07) is 6.71. The van der Waals surface area contributed by atoms with Crippen molar-refractivity contribution in [2.24, 2.45) is 0 Å². The highest BCUT2D eigenvalue weighted by molar-refractivity contribution is 5.93. The summed E-state index contributed by atoms with van der Waals surface area (Å²) in [6.07, 6.45) is 6.87. The van der Waals surface area contributed by atoms with Crippen molar-refractivity contribution in [3.05, 3.63) is 58.7 Å². The molecule has 190 valence electrons. The summed E-state index contributed by atoms with van der Waals surface area (Å²) in [7, 11) is 0. The van der Waals surface area contributed by atoms with Crippen LogP contribution in [0, 0.1) is 6.57 Å². The van der Waals surface area contributed by atoms with Gasteiger partial charge in [0.25, 0.3) is 0 Å². The smallest absolute Gasteiger partial charge is 0.320 e. The van der Waals surface area contributed by atoms with Gasteiger partial charge in [-0.1, -0.05) is 12.1 Å². The predicted octanol–water partition coefficient (Wildman–Crippen LogP) is 3.78. The van der Waals surface area contributed by atoms with Crippen LogP contribution in [0.3, 0.4) is 0 Å². The molecule has 3 fully saturated rings. The summed E-state index contributed by atoms with van der Waals surface area (Å²) in [5.74, 6) is 0. The number of morpholine rings is 2. The van der Waals surface area contributed by atoms with E-state index in [-0.39, 0.29) is 24.3 Å². The Morgan fingerprint density at radius 2 is 2.00 bits per heavy atom. The zero-order valence-electron chi connectivity index (χ0n) is 20.7. The van der Waals surface area contributed by atoms with Gasteiger partial charge in [-0.2, -0.15) is 0 Å². The van der Waals surface area contributed by atoms with Gasteiger partial charge in [-0.3, -0.25) is 0 Å². The van der Waals surface area contributed by atoms with E-state index in [0.29, 0.717) is 45.1 Å². The number of fused-ring (bicyclic) bond motifs is 4. The van der Waals surface area contributed by atoms with Gasteiger partial charge in [0.15, 0.2) is 0 Å². The van der Waals surface area contributed by atoms with Crippen LogP contribution in [0.4, 0.5) is 10.5 Å². The minimum absolute atomic E-state index is 0.0690. The maximum atomic E-state index is 13.5. The van der Waals surface area contributed by atoms with Gasteiger partial charge in [0.2, 0.25) is 5.69 Å². The molecule has 2 aromatic heterocycles. The van der Waals surface area contributed by atoms with Crippen LogP contribution in [-0.2, 0) is 22.4 Å². The lowest BCUT2D eigenvalue weighted by atomic mass is 9.87. The third-order valence-corrected chi connectivity index (χ3v) is 8.22. The Morgan fingerprint density at radius 3 is 2.78 bits per heavy atom. The average Bonchev–Trinajstić information content (AvgIpc) is 3.53. The second-order valence-corrected chi connectivity index (χ2v) is 10.5. The maximum absolute atomic E-state index is 13.5. The number of pyridine rings is 1. The molecular weight excluding hydrogens is 468 g/mol. The number of amides is 2. The molecule has 3 aromatic rings. The van der Waals surface area contributed by atoms with E-state index in [4.69, 9.17) is 16.0 Å². The highest BCUT2D eigenvalue weighted by Gasteiger charge is 2.38. The van der Waals surface area contributed by atoms with Gasteiger partial charge >= 0.3 is 6.03 Å². The van der Waals surface area contributed by atoms with Crippen LogP contribution in [0.1, 0.15) is 35.6 Å². The lowest BCUT2D eigenvalue weighted by Gasteiger charge is -2.39. The summed E-state index contributed by atoms with van der Waals surface area (Å²) < 4.78 is 11.8. The number of aromatic nitrogens is 2. The first-order valence-electron chi connectivity index (χ1n) is 13.2. The fourth-order valence-electron chi connectivity index (χ4n) is 6.31. The number of ether oxygens (including phenoxy) is 2. The molecule has 2 bridgehead atoms. The standard InChI is InChI=1S/C28H30N6O3/c1-29-25-12-32-27-23(25)10-19(11-31-27)18-8-17-4-6-33(28(35)34-13-20-2-3-21(14-34)37-20)15-24(17)22(9-18)26-16-36-7-5-30-26/h8-12,20-21,26,30H,2-7,13-16H2,(H,31,32)/t20?,21?,26-/m0/s1. The summed E-state index contributed by atoms with van der Waals surface area (Å²) in [4.78, 5) is 28.8. The third-order valence-electron chi connectivity index (χ3n) is 8.22. The fraction of sp³-hybridized carbons (Fsp3) is 0.464. The maximum Gasteiger partial charge on any atom is 0.320 e. The summed E-state index contributed by atoms with van der Waals surface area (Å²) in [5.41, 5.74) is 7.05. The molecular formula is C28H30N6O3. The molecule has 0 radical (unpaired) electrons.